The van der Waals surface area contributed by atoms with Gasteiger partial charge in [0.25, 0.3) is 0 Å². The van der Waals surface area contributed by atoms with E-state index in [9.17, 15) is 4.79 Å². The number of carbonyl (C=O) groups excluding carboxylic acids is 1. The van der Waals surface area contributed by atoms with E-state index in [0.29, 0.717) is 0 Å². The Morgan fingerprint density at radius 3 is 2.33 bits per heavy atom. The molecular formula is C15H20N2O. The van der Waals surface area contributed by atoms with Gasteiger partial charge in [-0.1, -0.05) is 36.8 Å². The SMILES string of the molecule is NC1(C(=O)NCC2(c3ccccc3)CCC2)CC1. The lowest BCUT2D eigenvalue weighted by atomic mass is 9.64. The molecule has 2 aliphatic carbocycles. The van der Waals surface area contributed by atoms with Gasteiger partial charge in [-0.3, -0.25) is 4.79 Å². The molecule has 0 heterocycles. The third-order valence-corrected chi connectivity index (χ3v) is 4.53. The van der Waals surface area contributed by atoms with Crippen molar-refractivity contribution in [3.05, 3.63) is 35.9 Å². The molecule has 3 heteroatoms. The molecule has 96 valence electrons. The fourth-order valence-electron chi connectivity index (χ4n) is 2.75. The molecule has 1 aromatic rings. The summed E-state index contributed by atoms with van der Waals surface area (Å²) in [5.41, 5.74) is 6.85. The highest BCUT2D eigenvalue weighted by Crippen LogP contribution is 2.43. The first-order valence-corrected chi connectivity index (χ1v) is 6.77. The van der Waals surface area contributed by atoms with Crippen LogP contribution < -0.4 is 11.1 Å². The maximum Gasteiger partial charge on any atom is 0.240 e. The molecule has 1 aromatic carbocycles. The zero-order chi connectivity index (χ0) is 12.6. The maximum absolute atomic E-state index is 11.9. The first kappa shape index (κ1) is 11.7. The average Bonchev–Trinajstić information content (AvgIpc) is 3.08. The van der Waals surface area contributed by atoms with E-state index in [1.54, 1.807) is 0 Å². The van der Waals surface area contributed by atoms with E-state index in [1.165, 1.54) is 12.0 Å². The van der Waals surface area contributed by atoms with Crippen molar-refractivity contribution < 1.29 is 4.79 Å². The second kappa shape index (κ2) is 4.09. The van der Waals surface area contributed by atoms with E-state index in [2.05, 4.69) is 29.6 Å². The Balaban J connectivity index is 1.68. The predicted octanol–water partition coefficient (Wildman–Crippen LogP) is 1.72. The lowest BCUT2D eigenvalue weighted by Gasteiger charge is -2.42. The second-order valence-electron chi connectivity index (χ2n) is 5.84. The number of benzene rings is 1. The minimum Gasteiger partial charge on any atom is -0.354 e. The quantitative estimate of drug-likeness (QED) is 0.847. The van der Waals surface area contributed by atoms with Crippen LogP contribution in [0.25, 0.3) is 0 Å². The number of hydrogen-bond donors (Lipinski definition) is 2. The van der Waals surface area contributed by atoms with Gasteiger partial charge >= 0.3 is 0 Å². The predicted molar refractivity (Wildman–Crippen MR) is 71.1 cm³/mol. The molecule has 18 heavy (non-hydrogen) atoms. The molecule has 2 aliphatic rings. The van der Waals surface area contributed by atoms with Gasteiger partial charge in [0.1, 0.15) is 0 Å². The summed E-state index contributed by atoms with van der Waals surface area (Å²) in [7, 11) is 0. The zero-order valence-electron chi connectivity index (χ0n) is 10.6. The lowest BCUT2D eigenvalue weighted by Crippen LogP contribution is -2.50. The molecular weight excluding hydrogens is 224 g/mol. The molecule has 1 amide bonds. The van der Waals surface area contributed by atoms with Crippen molar-refractivity contribution in [2.24, 2.45) is 5.73 Å². The van der Waals surface area contributed by atoms with Crippen LogP contribution in [0.4, 0.5) is 0 Å². The normalized spacial score (nSPS) is 22.9. The molecule has 0 radical (unpaired) electrons. The van der Waals surface area contributed by atoms with Gasteiger partial charge in [0.2, 0.25) is 5.91 Å². The van der Waals surface area contributed by atoms with Gasteiger partial charge in [-0.2, -0.15) is 0 Å². The van der Waals surface area contributed by atoms with Crippen LogP contribution in [0, 0.1) is 0 Å². The molecule has 2 fully saturated rings. The van der Waals surface area contributed by atoms with Gasteiger partial charge in [-0.05, 0) is 31.2 Å². The summed E-state index contributed by atoms with van der Waals surface area (Å²) in [6.07, 6.45) is 5.23. The van der Waals surface area contributed by atoms with E-state index >= 15 is 0 Å². The Morgan fingerprint density at radius 1 is 1.17 bits per heavy atom. The molecule has 0 aromatic heterocycles. The molecule has 0 aliphatic heterocycles. The Morgan fingerprint density at radius 2 is 1.83 bits per heavy atom. The Hall–Kier alpha value is -1.35. The van der Waals surface area contributed by atoms with Crippen molar-refractivity contribution in [3.63, 3.8) is 0 Å². The third kappa shape index (κ3) is 1.93. The summed E-state index contributed by atoms with van der Waals surface area (Å²) in [5, 5.41) is 3.06. The van der Waals surface area contributed by atoms with Crippen LogP contribution in [0.5, 0.6) is 0 Å². The number of hydrogen-bond acceptors (Lipinski definition) is 2. The van der Waals surface area contributed by atoms with Crippen LogP contribution in [0.3, 0.4) is 0 Å². The first-order chi connectivity index (χ1) is 8.65. The van der Waals surface area contributed by atoms with Crippen LogP contribution in [0.15, 0.2) is 30.3 Å². The largest absolute Gasteiger partial charge is 0.354 e. The van der Waals surface area contributed by atoms with E-state index in [0.717, 1.165) is 32.2 Å². The van der Waals surface area contributed by atoms with Gasteiger partial charge in [-0.15, -0.1) is 0 Å². The first-order valence-electron chi connectivity index (χ1n) is 6.77. The van der Waals surface area contributed by atoms with Crippen molar-refractivity contribution in [1.82, 2.24) is 5.32 Å². The summed E-state index contributed by atoms with van der Waals surface area (Å²) in [6, 6.07) is 10.5. The van der Waals surface area contributed by atoms with Crippen molar-refractivity contribution in [2.75, 3.05) is 6.54 Å². The smallest absolute Gasteiger partial charge is 0.240 e. The van der Waals surface area contributed by atoms with Gasteiger partial charge in [-0.25, -0.2) is 0 Å². The highest BCUT2D eigenvalue weighted by atomic mass is 16.2. The molecule has 0 saturated heterocycles. The van der Waals surface area contributed by atoms with Gasteiger partial charge in [0.05, 0.1) is 5.54 Å². The van der Waals surface area contributed by atoms with Crippen LogP contribution in [-0.4, -0.2) is 18.0 Å². The van der Waals surface area contributed by atoms with Crippen LogP contribution >= 0.6 is 0 Å². The molecule has 3 nitrogen and oxygen atoms in total. The highest BCUT2D eigenvalue weighted by molar-refractivity contribution is 5.89. The standard InChI is InChI=1S/C15H20N2O/c16-15(9-10-15)13(18)17-11-14(7-4-8-14)12-5-2-1-3-6-12/h1-3,5-6H,4,7-11,16H2,(H,17,18). The molecule has 0 unspecified atom stereocenters. The minimum absolute atomic E-state index is 0.0321. The minimum atomic E-state index is -0.554. The van der Waals surface area contributed by atoms with Crippen molar-refractivity contribution in [3.8, 4) is 0 Å². The van der Waals surface area contributed by atoms with Crippen LogP contribution in [0.1, 0.15) is 37.7 Å². The average molecular weight is 244 g/mol. The van der Waals surface area contributed by atoms with Crippen LogP contribution in [-0.2, 0) is 10.2 Å². The van der Waals surface area contributed by atoms with E-state index < -0.39 is 5.54 Å². The second-order valence-corrected chi connectivity index (χ2v) is 5.84. The van der Waals surface area contributed by atoms with Gasteiger partial charge in [0, 0.05) is 12.0 Å². The van der Waals surface area contributed by atoms with Gasteiger partial charge in [0.15, 0.2) is 0 Å². The molecule has 0 bridgehead atoms. The highest BCUT2D eigenvalue weighted by Gasteiger charge is 2.47. The third-order valence-electron chi connectivity index (χ3n) is 4.53. The van der Waals surface area contributed by atoms with Crippen molar-refractivity contribution >= 4 is 5.91 Å². The maximum atomic E-state index is 11.9. The number of carbonyl (C=O) groups is 1. The van der Waals surface area contributed by atoms with E-state index in [1.807, 2.05) is 6.07 Å². The zero-order valence-corrected chi connectivity index (χ0v) is 10.6. The molecule has 0 atom stereocenters. The summed E-state index contributed by atoms with van der Waals surface area (Å²) < 4.78 is 0. The van der Waals surface area contributed by atoms with E-state index in [4.69, 9.17) is 5.73 Å². The molecule has 3 N–H and O–H groups in total. The van der Waals surface area contributed by atoms with E-state index in [-0.39, 0.29) is 11.3 Å². The summed E-state index contributed by atoms with van der Waals surface area (Å²) in [4.78, 5) is 11.9. The van der Waals surface area contributed by atoms with Gasteiger partial charge < -0.3 is 11.1 Å². The van der Waals surface area contributed by atoms with Crippen molar-refractivity contribution in [1.29, 1.82) is 0 Å². The topological polar surface area (TPSA) is 55.1 Å². The lowest BCUT2D eigenvalue weighted by molar-refractivity contribution is -0.123. The Bertz CT molecular complexity index is 447. The number of nitrogens with one attached hydrogen (secondary N) is 1. The summed E-state index contributed by atoms with van der Waals surface area (Å²) >= 11 is 0. The van der Waals surface area contributed by atoms with Crippen LogP contribution in [0.2, 0.25) is 0 Å². The number of rotatable bonds is 4. The molecule has 3 rings (SSSR count). The van der Waals surface area contributed by atoms with Crippen molar-refractivity contribution in [2.45, 2.75) is 43.1 Å². The number of amides is 1. The number of nitrogens with two attached hydrogens (primary N) is 1. The fraction of sp³-hybridized carbons (Fsp3) is 0.533. The fourth-order valence-corrected chi connectivity index (χ4v) is 2.75. The summed E-state index contributed by atoms with van der Waals surface area (Å²) in [6.45, 7) is 0.731. The Kier molecular flexibility index (Phi) is 2.67. The Labute approximate surface area is 108 Å². The molecule has 2 saturated carbocycles. The molecule has 0 spiro atoms. The summed E-state index contributed by atoms with van der Waals surface area (Å²) in [5.74, 6) is 0.0321. The monoisotopic (exact) mass is 244 g/mol.